The van der Waals surface area contributed by atoms with E-state index >= 15 is 0 Å². The van der Waals surface area contributed by atoms with Crippen molar-refractivity contribution in [3.63, 3.8) is 0 Å². The summed E-state index contributed by atoms with van der Waals surface area (Å²) in [4.78, 5) is 22.6. The summed E-state index contributed by atoms with van der Waals surface area (Å²) < 4.78 is 0. The molecule has 156 valence electrons. The van der Waals surface area contributed by atoms with Crippen LogP contribution in [0.2, 0.25) is 0 Å². The minimum atomic E-state index is -0.199. The van der Waals surface area contributed by atoms with E-state index in [1.54, 1.807) is 6.20 Å². The quantitative estimate of drug-likeness (QED) is 0.307. The molecular weight excluding hydrogens is 352 g/mol. The number of hydrogen-bond donors (Lipinski definition) is 3. The van der Waals surface area contributed by atoms with Crippen LogP contribution >= 0.6 is 0 Å². The molecule has 0 saturated carbocycles. The third kappa shape index (κ3) is 7.37. The van der Waals surface area contributed by atoms with Gasteiger partial charge in [-0.3, -0.25) is 4.79 Å². The van der Waals surface area contributed by atoms with E-state index in [0.717, 1.165) is 50.3 Å². The maximum Gasteiger partial charge on any atom is 0.220 e. The predicted octanol–water partition coefficient (Wildman–Crippen LogP) is 2.55. The first-order valence-electron chi connectivity index (χ1n) is 10.6. The Balaban J connectivity index is 1.79. The predicted molar refractivity (Wildman–Crippen MR) is 115 cm³/mol. The number of rotatable bonds is 11. The molecule has 7 heteroatoms. The van der Waals surface area contributed by atoms with Crippen LogP contribution in [-0.4, -0.2) is 36.5 Å². The molecule has 0 radical (unpaired) electrons. The van der Waals surface area contributed by atoms with Crippen LogP contribution in [0.5, 0.6) is 0 Å². The Labute approximate surface area is 169 Å². The minimum Gasteiger partial charge on any atom is -0.370 e. The van der Waals surface area contributed by atoms with E-state index < -0.39 is 0 Å². The molecule has 0 atom stereocenters. The highest BCUT2D eigenvalue weighted by atomic mass is 16.1. The number of guanidine groups is 1. The SMILES string of the molecule is CCCCCCCCNC(N)=NCc1cccnc1N1CCC(C(N)=O)CC1. The van der Waals surface area contributed by atoms with E-state index in [1.165, 1.54) is 32.1 Å². The molecule has 0 aromatic carbocycles. The lowest BCUT2D eigenvalue weighted by molar-refractivity contribution is -0.122. The molecule has 2 heterocycles. The molecule has 7 nitrogen and oxygen atoms in total. The van der Waals surface area contributed by atoms with Crippen LogP contribution in [0.3, 0.4) is 0 Å². The van der Waals surface area contributed by atoms with E-state index in [9.17, 15) is 4.79 Å². The average molecular weight is 389 g/mol. The number of anilines is 1. The van der Waals surface area contributed by atoms with E-state index in [2.05, 4.69) is 27.1 Å². The number of nitrogens with two attached hydrogens (primary N) is 2. The van der Waals surface area contributed by atoms with E-state index in [4.69, 9.17) is 11.5 Å². The van der Waals surface area contributed by atoms with Crippen LogP contribution in [0, 0.1) is 5.92 Å². The van der Waals surface area contributed by atoms with Gasteiger partial charge in [0, 0.05) is 37.3 Å². The van der Waals surface area contributed by atoms with Crippen molar-refractivity contribution in [2.24, 2.45) is 22.4 Å². The monoisotopic (exact) mass is 388 g/mol. The largest absolute Gasteiger partial charge is 0.370 e. The number of nitrogens with one attached hydrogen (secondary N) is 1. The number of amides is 1. The Morgan fingerprint density at radius 1 is 1.21 bits per heavy atom. The van der Waals surface area contributed by atoms with Gasteiger partial charge in [-0.25, -0.2) is 9.98 Å². The fraction of sp³-hybridized carbons (Fsp3) is 0.667. The number of carbonyl (C=O) groups excluding carboxylic acids is 1. The molecule has 1 aromatic heterocycles. The average Bonchev–Trinajstić information content (AvgIpc) is 2.72. The number of pyridine rings is 1. The summed E-state index contributed by atoms with van der Waals surface area (Å²) in [5.74, 6) is 1.19. The summed E-state index contributed by atoms with van der Waals surface area (Å²) >= 11 is 0. The molecule has 1 aliphatic rings. The second-order valence-electron chi connectivity index (χ2n) is 7.55. The van der Waals surface area contributed by atoms with Crippen molar-refractivity contribution in [3.8, 4) is 0 Å². The summed E-state index contributed by atoms with van der Waals surface area (Å²) in [6.45, 7) is 5.16. The summed E-state index contributed by atoms with van der Waals surface area (Å²) in [5, 5.41) is 3.20. The first-order valence-corrected chi connectivity index (χ1v) is 10.6. The molecule has 1 amide bonds. The highest BCUT2D eigenvalue weighted by molar-refractivity contribution is 5.78. The Hall–Kier alpha value is -2.31. The number of aliphatic imine (C=N–C) groups is 1. The van der Waals surface area contributed by atoms with Crippen molar-refractivity contribution >= 4 is 17.7 Å². The van der Waals surface area contributed by atoms with Gasteiger partial charge < -0.3 is 21.7 Å². The minimum absolute atomic E-state index is 0.0248. The third-order valence-electron chi connectivity index (χ3n) is 5.32. The number of unbranched alkanes of at least 4 members (excludes halogenated alkanes) is 5. The van der Waals surface area contributed by atoms with Gasteiger partial charge in [-0.05, 0) is 25.3 Å². The maximum absolute atomic E-state index is 11.4. The van der Waals surface area contributed by atoms with Gasteiger partial charge in [0.05, 0.1) is 6.54 Å². The van der Waals surface area contributed by atoms with Gasteiger partial charge in [0.1, 0.15) is 5.82 Å². The molecule has 1 aliphatic heterocycles. The summed E-state index contributed by atoms with van der Waals surface area (Å²) in [6, 6.07) is 3.96. The Kier molecular flexibility index (Phi) is 9.59. The van der Waals surface area contributed by atoms with Crippen molar-refractivity contribution in [1.82, 2.24) is 10.3 Å². The molecule has 0 unspecified atom stereocenters. The van der Waals surface area contributed by atoms with E-state index in [-0.39, 0.29) is 11.8 Å². The van der Waals surface area contributed by atoms with Gasteiger partial charge in [-0.2, -0.15) is 0 Å². The van der Waals surface area contributed by atoms with E-state index in [0.29, 0.717) is 12.5 Å². The number of aromatic nitrogens is 1. The zero-order chi connectivity index (χ0) is 20.2. The van der Waals surface area contributed by atoms with Crippen molar-refractivity contribution in [2.75, 3.05) is 24.5 Å². The van der Waals surface area contributed by atoms with Gasteiger partial charge in [-0.15, -0.1) is 0 Å². The first kappa shape index (κ1) is 22.0. The van der Waals surface area contributed by atoms with Crippen molar-refractivity contribution in [1.29, 1.82) is 0 Å². The molecule has 0 aliphatic carbocycles. The molecule has 0 spiro atoms. The van der Waals surface area contributed by atoms with Crippen molar-refractivity contribution < 1.29 is 4.79 Å². The summed E-state index contributed by atoms with van der Waals surface area (Å²) in [5.41, 5.74) is 12.5. The van der Waals surface area contributed by atoms with Gasteiger partial charge in [0.2, 0.25) is 5.91 Å². The standard InChI is InChI=1S/C21H36N6O/c1-2-3-4-5-6-7-12-25-21(23)26-16-18-9-8-13-24-20(18)27-14-10-17(11-15-27)19(22)28/h8-9,13,17H,2-7,10-12,14-16H2,1H3,(H2,22,28)(H3,23,25,26). The molecule has 1 fully saturated rings. The maximum atomic E-state index is 11.4. The zero-order valence-corrected chi connectivity index (χ0v) is 17.2. The highest BCUT2D eigenvalue weighted by Crippen LogP contribution is 2.24. The van der Waals surface area contributed by atoms with Crippen molar-refractivity contribution in [2.45, 2.75) is 64.8 Å². The fourth-order valence-corrected chi connectivity index (χ4v) is 3.56. The number of primary amides is 1. The molecule has 28 heavy (non-hydrogen) atoms. The number of carbonyl (C=O) groups is 1. The van der Waals surface area contributed by atoms with Crippen LogP contribution < -0.4 is 21.7 Å². The lowest BCUT2D eigenvalue weighted by Crippen LogP contribution is -2.39. The second-order valence-corrected chi connectivity index (χ2v) is 7.55. The van der Waals surface area contributed by atoms with Gasteiger partial charge in [-0.1, -0.05) is 45.1 Å². The second kappa shape index (κ2) is 12.2. The lowest BCUT2D eigenvalue weighted by atomic mass is 9.96. The fourth-order valence-electron chi connectivity index (χ4n) is 3.56. The van der Waals surface area contributed by atoms with Crippen LogP contribution in [0.1, 0.15) is 63.9 Å². The summed E-state index contributed by atoms with van der Waals surface area (Å²) in [6.07, 6.45) is 10.9. The number of piperidine rings is 1. The van der Waals surface area contributed by atoms with Crippen LogP contribution in [0.15, 0.2) is 23.3 Å². The first-order chi connectivity index (χ1) is 13.6. The lowest BCUT2D eigenvalue weighted by Gasteiger charge is -2.32. The molecule has 2 rings (SSSR count). The van der Waals surface area contributed by atoms with Crippen LogP contribution in [0.25, 0.3) is 0 Å². The Morgan fingerprint density at radius 2 is 1.93 bits per heavy atom. The number of nitrogens with zero attached hydrogens (tertiary/aromatic N) is 3. The molecule has 1 saturated heterocycles. The van der Waals surface area contributed by atoms with Crippen LogP contribution in [0.4, 0.5) is 5.82 Å². The van der Waals surface area contributed by atoms with Gasteiger partial charge >= 0.3 is 0 Å². The molecule has 0 bridgehead atoms. The van der Waals surface area contributed by atoms with Crippen LogP contribution in [-0.2, 0) is 11.3 Å². The third-order valence-corrected chi connectivity index (χ3v) is 5.32. The topological polar surface area (TPSA) is 110 Å². The number of hydrogen-bond acceptors (Lipinski definition) is 4. The Bertz CT molecular complexity index is 625. The zero-order valence-electron chi connectivity index (χ0n) is 17.2. The van der Waals surface area contributed by atoms with E-state index in [1.807, 2.05) is 12.1 Å². The Morgan fingerprint density at radius 3 is 2.64 bits per heavy atom. The summed E-state index contributed by atoms with van der Waals surface area (Å²) in [7, 11) is 0. The normalized spacial score (nSPS) is 15.6. The molecule has 5 N–H and O–H groups in total. The molecular formula is C21H36N6O. The molecule has 1 aromatic rings. The van der Waals surface area contributed by atoms with Gasteiger partial charge in [0.25, 0.3) is 0 Å². The highest BCUT2D eigenvalue weighted by Gasteiger charge is 2.24. The smallest absolute Gasteiger partial charge is 0.220 e. The van der Waals surface area contributed by atoms with Gasteiger partial charge in [0.15, 0.2) is 5.96 Å². The van der Waals surface area contributed by atoms with Crippen molar-refractivity contribution in [3.05, 3.63) is 23.9 Å².